The lowest BCUT2D eigenvalue weighted by Crippen LogP contribution is -2.38. The quantitative estimate of drug-likeness (QED) is 0.651. The van der Waals surface area contributed by atoms with Crippen LogP contribution in [0.1, 0.15) is 26.7 Å². The third kappa shape index (κ3) is 4.04. The fourth-order valence-corrected chi connectivity index (χ4v) is 1.34. The molecule has 1 atom stereocenters. The highest BCUT2D eigenvalue weighted by atomic mass is 16.5. The van der Waals surface area contributed by atoms with E-state index in [0.717, 1.165) is 19.6 Å². The molecule has 0 saturated carbocycles. The van der Waals surface area contributed by atoms with Crippen LogP contribution in [0, 0.1) is 0 Å². The van der Waals surface area contributed by atoms with Gasteiger partial charge >= 0.3 is 0 Å². The van der Waals surface area contributed by atoms with Crippen LogP contribution in [0.25, 0.3) is 0 Å². The lowest BCUT2D eigenvalue weighted by molar-refractivity contribution is 0.0681. The number of hydrogen-bond acceptors (Lipinski definition) is 3. The third-order valence-electron chi connectivity index (χ3n) is 1.95. The molecule has 2 N–H and O–H groups in total. The van der Waals surface area contributed by atoms with Gasteiger partial charge in [0.2, 0.25) is 0 Å². The van der Waals surface area contributed by atoms with Crippen molar-refractivity contribution in [1.82, 2.24) is 5.32 Å². The molecule has 3 heteroatoms. The monoisotopic (exact) mass is 173 g/mol. The van der Waals surface area contributed by atoms with Crippen molar-refractivity contribution in [2.45, 2.75) is 38.4 Å². The fraction of sp³-hybridized carbons (Fsp3) is 1.00. The number of nitrogens with one attached hydrogen (secondary N) is 1. The van der Waals surface area contributed by atoms with E-state index in [2.05, 4.69) is 5.32 Å². The predicted octanol–water partition coefficient (Wildman–Crippen LogP) is 0.526. The van der Waals surface area contributed by atoms with Crippen molar-refractivity contribution < 1.29 is 9.84 Å². The van der Waals surface area contributed by atoms with Gasteiger partial charge in [0, 0.05) is 19.7 Å². The molecule has 3 nitrogen and oxygen atoms in total. The first-order valence-corrected chi connectivity index (χ1v) is 4.63. The van der Waals surface area contributed by atoms with Gasteiger partial charge in [-0.05, 0) is 26.7 Å². The van der Waals surface area contributed by atoms with E-state index in [1.165, 1.54) is 6.42 Å². The minimum absolute atomic E-state index is 0.368. The third-order valence-corrected chi connectivity index (χ3v) is 1.95. The Labute approximate surface area is 74.1 Å². The van der Waals surface area contributed by atoms with Gasteiger partial charge in [-0.3, -0.25) is 0 Å². The molecule has 1 aliphatic heterocycles. The van der Waals surface area contributed by atoms with Crippen LogP contribution in [-0.2, 0) is 4.74 Å². The van der Waals surface area contributed by atoms with Gasteiger partial charge in [-0.25, -0.2) is 0 Å². The maximum atomic E-state index is 9.39. The zero-order valence-electron chi connectivity index (χ0n) is 7.97. The van der Waals surface area contributed by atoms with Gasteiger partial charge in [0.05, 0.1) is 11.7 Å². The van der Waals surface area contributed by atoms with Gasteiger partial charge in [-0.1, -0.05) is 0 Å². The van der Waals surface area contributed by atoms with E-state index in [0.29, 0.717) is 12.6 Å². The van der Waals surface area contributed by atoms with E-state index in [9.17, 15) is 5.11 Å². The van der Waals surface area contributed by atoms with E-state index in [-0.39, 0.29) is 0 Å². The molecule has 0 amide bonds. The summed E-state index contributed by atoms with van der Waals surface area (Å²) in [4.78, 5) is 0. The van der Waals surface area contributed by atoms with Gasteiger partial charge < -0.3 is 15.2 Å². The molecule has 0 bridgehead atoms. The van der Waals surface area contributed by atoms with E-state index >= 15 is 0 Å². The fourth-order valence-electron chi connectivity index (χ4n) is 1.34. The normalized spacial score (nSPS) is 24.8. The number of aliphatic hydroxyl groups is 1. The molecule has 12 heavy (non-hydrogen) atoms. The van der Waals surface area contributed by atoms with E-state index in [4.69, 9.17) is 4.74 Å². The second kappa shape index (κ2) is 4.21. The average molecular weight is 173 g/mol. The minimum Gasteiger partial charge on any atom is -0.389 e. The van der Waals surface area contributed by atoms with Crippen molar-refractivity contribution in [3.63, 3.8) is 0 Å². The smallest absolute Gasteiger partial charge is 0.0715 e. The highest BCUT2D eigenvalue weighted by molar-refractivity contribution is 4.72. The van der Waals surface area contributed by atoms with Crippen LogP contribution in [0.2, 0.25) is 0 Å². The molecular weight excluding hydrogens is 154 g/mol. The maximum absolute atomic E-state index is 9.39. The summed E-state index contributed by atoms with van der Waals surface area (Å²) in [6, 6.07) is 0. The van der Waals surface area contributed by atoms with Crippen molar-refractivity contribution >= 4 is 0 Å². The first-order chi connectivity index (χ1) is 5.58. The van der Waals surface area contributed by atoms with E-state index in [1.807, 2.05) is 0 Å². The van der Waals surface area contributed by atoms with Crippen LogP contribution < -0.4 is 5.32 Å². The Morgan fingerprint density at radius 2 is 2.33 bits per heavy atom. The molecule has 0 unspecified atom stereocenters. The van der Waals surface area contributed by atoms with Gasteiger partial charge in [0.1, 0.15) is 0 Å². The summed E-state index contributed by atoms with van der Waals surface area (Å²) in [5.74, 6) is 0. The summed E-state index contributed by atoms with van der Waals surface area (Å²) in [6.07, 6.45) is 2.70. The highest BCUT2D eigenvalue weighted by Gasteiger charge is 2.17. The number of hydrogen-bond donors (Lipinski definition) is 2. The maximum Gasteiger partial charge on any atom is 0.0715 e. The first kappa shape index (κ1) is 9.96. The van der Waals surface area contributed by atoms with Crippen molar-refractivity contribution in [3.8, 4) is 0 Å². The van der Waals surface area contributed by atoms with Crippen molar-refractivity contribution in [3.05, 3.63) is 0 Å². The minimum atomic E-state index is -0.612. The summed E-state index contributed by atoms with van der Waals surface area (Å²) in [7, 11) is 0. The SMILES string of the molecule is CC(C)(O)CNC[C@@H]1CCCO1. The van der Waals surface area contributed by atoms with Gasteiger partial charge in [-0.2, -0.15) is 0 Å². The second-order valence-electron chi connectivity index (χ2n) is 4.08. The van der Waals surface area contributed by atoms with E-state index in [1.54, 1.807) is 13.8 Å². The molecule has 0 aromatic heterocycles. The largest absolute Gasteiger partial charge is 0.389 e. The molecular formula is C9H19NO2. The standard InChI is InChI=1S/C9H19NO2/c1-9(2,11)7-10-6-8-4-3-5-12-8/h8,10-11H,3-7H2,1-2H3/t8-/m0/s1. The summed E-state index contributed by atoms with van der Waals surface area (Å²) in [5.41, 5.74) is -0.612. The zero-order chi connectivity index (χ0) is 9.03. The summed E-state index contributed by atoms with van der Waals surface area (Å²) in [5, 5.41) is 12.6. The predicted molar refractivity (Wildman–Crippen MR) is 48.1 cm³/mol. The summed E-state index contributed by atoms with van der Waals surface area (Å²) in [6.45, 7) is 6.00. The molecule has 1 saturated heterocycles. The number of rotatable bonds is 4. The van der Waals surface area contributed by atoms with Crippen LogP contribution >= 0.6 is 0 Å². The van der Waals surface area contributed by atoms with E-state index < -0.39 is 5.60 Å². The number of ether oxygens (including phenoxy) is 1. The Bertz CT molecular complexity index is 125. The second-order valence-corrected chi connectivity index (χ2v) is 4.08. The van der Waals surface area contributed by atoms with Crippen molar-refractivity contribution in [1.29, 1.82) is 0 Å². The Morgan fingerprint density at radius 3 is 2.83 bits per heavy atom. The topological polar surface area (TPSA) is 41.5 Å². The molecule has 0 aromatic carbocycles. The Hall–Kier alpha value is -0.120. The van der Waals surface area contributed by atoms with Crippen LogP contribution in [0.3, 0.4) is 0 Å². The Kier molecular flexibility index (Phi) is 3.50. The van der Waals surface area contributed by atoms with Gasteiger partial charge in [0.25, 0.3) is 0 Å². The molecule has 0 spiro atoms. The highest BCUT2D eigenvalue weighted by Crippen LogP contribution is 2.10. The molecule has 1 rings (SSSR count). The van der Waals surface area contributed by atoms with Crippen LogP contribution in [0.15, 0.2) is 0 Å². The van der Waals surface area contributed by atoms with Crippen LogP contribution in [-0.4, -0.2) is 36.5 Å². The molecule has 1 fully saturated rings. The van der Waals surface area contributed by atoms with Crippen LogP contribution in [0.5, 0.6) is 0 Å². The first-order valence-electron chi connectivity index (χ1n) is 4.63. The Balaban J connectivity index is 2.02. The van der Waals surface area contributed by atoms with Gasteiger partial charge in [0.15, 0.2) is 0 Å². The lowest BCUT2D eigenvalue weighted by Gasteiger charge is -2.19. The average Bonchev–Trinajstić information content (AvgIpc) is 2.36. The molecule has 1 heterocycles. The molecule has 72 valence electrons. The van der Waals surface area contributed by atoms with Crippen molar-refractivity contribution in [2.24, 2.45) is 0 Å². The molecule has 0 radical (unpaired) electrons. The van der Waals surface area contributed by atoms with Gasteiger partial charge in [-0.15, -0.1) is 0 Å². The lowest BCUT2D eigenvalue weighted by atomic mass is 10.1. The zero-order valence-corrected chi connectivity index (χ0v) is 7.97. The Morgan fingerprint density at radius 1 is 1.58 bits per heavy atom. The van der Waals surface area contributed by atoms with Crippen LogP contribution in [0.4, 0.5) is 0 Å². The molecule has 0 aromatic rings. The summed E-state index contributed by atoms with van der Waals surface area (Å²) >= 11 is 0. The van der Waals surface area contributed by atoms with Crippen molar-refractivity contribution in [2.75, 3.05) is 19.7 Å². The molecule has 0 aliphatic carbocycles. The summed E-state index contributed by atoms with van der Waals surface area (Å²) < 4.78 is 5.42. The molecule has 1 aliphatic rings.